The van der Waals surface area contributed by atoms with E-state index in [2.05, 4.69) is 9.88 Å². The molecule has 2 rings (SSSR count). The Morgan fingerprint density at radius 3 is 2.50 bits per heavy atom. The third-order valence-corrected chi connectivity index (χ3v) is 3.49. The van der Waals surface area contributed by atoms with Gasteiger partial charge in [-0.2, -0.15) is 0 Å². The van der Waals surface area contributed by atoms with E-state index in [9.17, 15) is 5.39 Å². The minimum atomic E-state index is -0.399. The first-order chi connectivity index (χ1) is 11.2. The zero-order valence-electron chi connectivity index (χ0n) is 14.3. The number of anilines is 1. The number of benzene rings is 1. The summed E-state index contributed by atoms with van der Waals surface area (Å²) in [6, 6.07) is 3.52. The third-order valence-electron chi connectivity index (χ3n) is 3.49. The lowest BCUT2D eigenvalue weighted by molar-refractivity contribution is -0.0611. The number of diazo groups is 1. The van der Waals surface area contributed by atoms with Gasteiger partial charge in [-0.25, -0.2) is 0 Å². The van der Waals surface area contributed by atoms with Gasteiger partial charge in [-0.15, -0.1) is 0 Å². The Hall–Kier alpha value is -1.75. The number of hydrogen-bond acceptors (Lipinski definition) is 6. The first-order valence-electron chi connectivity index (χ1n) is 7.96. The third kappa shape index (κ3) is 5.13. The Morgan fingerprint density at radius 1 is 1.21 bits per heavy atom. The molecular weight excluding hydrogens is 334 g/mol. The zero-order valence-corrected chi connectivity index (χ0v) is 15.1. The predicted molar refractivity (Wildman–Crippen MR) is 87.1 cm³/mol. The molecule has 1 aromatic carbocycles. The van der Waals surface area contributed by atoms with Crippen molar-refractivity contribution in [3.05, 3.63) is 17.1 Å². The number of ether oxygens (including phenoxy) is 4. The maximum atomic E-state index is 9.23. The van der Waals surface area contributed by atoms with Crippen LogP contribution in [0, 0.1) is 5.39 Å². The van der Waals surface area contributed by atoms with Gasteiger partial charge in [0.15, 0.2) is 17.0 Å². The van der Waals surface area contributed by atoms with Crippen LogP contribution in [0.15, 0.2) is 12.1 Å². The van der Waals surface area contributed by atoms with Crippen LogP contribution < -0.4 is 26.8 Å². The molecule has 1 aromatic rings. The highest BCUT2D eigenvalue weighted by Crippen LogP contribution is 2.41. The van der Waals surface area contributed by atoms with E-state index < -0.39 is 6.29 Å². The molecule has 24 heavy (non-hydrogen) atoms. The van der Waals surface area contributed by atoms with Crippen molar-refractivity contribution in [1.29, 1.82) is 5.39 Å². The van der Waals surface area contributed by atoms with E-state index in [1.54, 1.807) is 6.07 Å². The SMILES string of the molecule is CCOc1cc(N2CCOCC2)c(OC(C)OCC)cc1[N+]#N.[Cl-]. The quantitative estimate of drug-likeness (QED) is 0.512. The molecule has 0 aliphatic carbocycles. The van der Waals surface area contributed by atoms with Crippen LogP contribution in [-0.2, 0) is 9.47 Å². The normalized spacial score (nSPS) is 15.2. The van der Waals surface area contributed by atoms with Crippen LogP contribution in [0.1, 0.15) is 20.8 Å². The zero-order chi connectivity index (χ0) is 16.7. The van der Waals surface area contributed by atoms with Crippen molar-refractivity contribution in [2.24, 2.45) is 0 Å². The highest BCUT2D eigenvalue weighted by Gasteiger charge is 2.25. The number of nitrogens with zero attached hydrogens (tertiary/aromatic N) is 3. The molecule has 0 radical (unpaired) electrons. The topological polar surface area (TPSA) is 68.3 Å². The Morgan fingerprint density at radius 2 is 1.92 bits per heavy atom. The molecule has 0 saturated carbocycles. The van der Waals surface area contributed by atoms with Crippen LogP contribution in [0.2, 0.25) is 0 Å². The minimum Gasteiger partial charge on any atom is -1.00 e. The van der Waals surface area contributed by atoms with Gasteiger partial charge in [0, 0.05) is 25.8 Å². The molecule has 1 unspecified atom stereocenters. The summed E-state index contributed by atoms with van der Waals surface area (Å²) < 4.78 is 22.3. The van der Waals surface area contributed by atoms with Crippen molar-refractivity contribution in [1.82, 2.24) is 0 Å². The van der Waals surface area contributed by atoms with Gasteiger partial charge in [0.25, 0.3) is 0 Å². The summed E-state index contributed by atoms with van der Waals surface area (Å²) in [6.45, 7) is 9.53. The summed E-state index contributed by atoms with van der Waals surface area (Å²) in [5.41, 5.74) is 1.22. The van der Waals surface area contributed by atoms with Crippen LogP contribution in [-0.4, -0.2) is 45.8 Å². The molecule has 1 heterocycles. The van der Waals surface area contributed by atoms with E-state index in [1.165, 1.54) is 0 Å². The second kappa shape index (κ2) is 10.2. The first-order valence-corrected chi connectivity index (χ1v) is 7.96. The molecule has 0 bridgehead atoms. The van der Waals surface area contributed by atoms with E-state index in [0.717, 1.165) is 18.8 Å². The molecule has 0 amide bonds. The molecule has 0 spiro atoms. The molecular formula is C16H24ClN3O4. The fourth-order valence-electron chi connectivity index (χ4n) is 2.48. The number of hydrogen-bond donors (Lipinski definition) is 0. The summed E-state index contributed by atoms with van der Waals surface area (Å²) in [6.07, 6.45) is -0.399. The van der Waals surface area contributed by atoms with E-state index in [4.69, 9.17) is 18.9 Å². The lowest BCUT2D eigenvalue weighted by Crippen LogP contribution is -3.00. The molecule has 1 atom stereocenters. The molecule has 1 aliphatic heterocycles. The van der Waals surface area contributed by atoms with E-state index in [1.807, 2.05) is 26.8 Å². The van der Waals surface area contributed by atoms with Crippen molar-refractivity contribution in [3.8, 4) is 11.5 Å². The van der Waals surface area contributed by atoms with Gasteiger partial charge >= 0.3 is 5.69 Å². The highest BCUT2D eigenvalue weighted by atomic mass is 35.5. The molecule has 0 N–H and O–H groups in total. The van der Waals surface area contributed by atoms with Gasteiger partial charge in [0.1, 0.15) is 0 Å². The second-order valence-corrected chi connectivity index (χ2v) is 5.06. The lowest BCUT2D eigenvalue weighted by Gasteiger charge is -2.30. The standard InChI is InChI=1S/C16H24N3O4.ClH/c1-4-21-12(3)23-16-10-13(18-17)15(22-5-2)11-14(16)19-6-8-20-9-7-19;/h10-12H,4-9H2,1-3H3;1H/q+1;/p-1. The van der Waals surface area contributed by atoms with E-state index in [-0.39, 0.29) is 12.4 Å². The van der Waals surface area contributed by atoms with Crippen LogP contribution in [0.25, 0.3) is 4.98 Å². The van der Waals surface area contributed by atoms with E-state index in [0.29, 0.717) is 43.6 Å². The largest absolute Gasteiger partial charge is 1.00 e. The maximum absolute atomic E-state index is 9.23. The van der Waals surface area contributed by atoms with Gasteiger partial charge in [-0.3, -0.25) is 0 Å². The number of morpholine rings is 1. The van der Waals surface area contributed by atoms with Gasteiger partial charge in [0.2, 0.25) is 11.1 Å². The van der Waals surface area contributed by atoms with Gasteiger partial charge in [-0.05, 0) is 20.8 Å². The molecule has 1 fully saturated rings. The van der Waals surface area contributed by atoms with Crippen LogP contribution in [0.5, 0.6) is 11.5 Å². The number of halogens is 1. The van der Waals surface area contributed by atoms with E-state index >= 15 is 0 Å². The lowest BCUT2D eigenvalue weighted by atomic mass is 10.2. The fraction of sp³-hybridized carbons (Fsp3) is 0.625. The Kier molecular flexibility index (Phi) is 8.61. The summed E-state index contributed by atoms with van der Waals surface area (Å²) in [7, 11) is 0. The van der Waals surface area contributed by atoms with Crippen molar-refractivity contribution in [2.75, 3.05) is 44.4 Å². The van der Waals surface area contributed by atoms with Crippen LogP contribution >= 0.6 is 0 Å². The van der Waals surface area contributed by atoms with Gasteiger partial charge < -0.3 is 36.3 Å². The first kappa shape index (κ1) is 20.3. The smallest absolute Gasteiger partial charge is 0.430 e. The molecule has 7 nitrogen and oxygen atoms in total. The Balaban J connectivity index is 0.00000288. The Bertz CT molecular complexity index is 559. The van der Waals surface area contributed by atoms with Crippen LogP contribution in [0.4, 0.5) is 11.4 Å². The highest BCUT2D eigenvalue weighted by molar-refractivity contribution is 5.72. The molecule has 134 valence electrons. The predicted octanol–water partition coefficient (Wildman–Crippen LogP) is 0.172. The minimum absolute atomic E-state index is 0. The fourth-order valence-corrected chi connectivity index (χ4v) is 2.48. The van der Waals surface area contributed by atoms with Crippen molar-refractivity contribution in [2.45, 2.75) is 27.1 Å². The summed E-state index contributed by atoms with van der Waals surface area (Å²) >= 11 is 0. The monoisotopic (exact) mass is 357 g/mol. The maximum Gasteiger partial charge on any atom is 0.430 e. The summed E-state index contributed by atoms with van der Waals surface area (Å²) in [4.78, 5) is 5.47. The van der Waals surface area contributed by atoms with Gasteiger partial charge in [-0.1, -0.05) is 0 Å². The second-order valence-electron chi connectivity index (χ2n) is 5.06. The average Bonchev–Trinajstić information content (AvgIpc) is 2.57. The van der Waals surface area contributed by atoms with Crippen LogP contribution in [0.3, 0.4) is 0 Å². The van der Waals surface area contributed by atoms with Crippen molar-refractivity contribution in [3.63, 3.8) is 0 Å². The Labute approximate surface area is 148 Å². The average molecular weight is 358 g/mol. The molecule has 0 aromatic heterocycles. The van der Waals surface area contributed by atoms with Gasteiger partial charge in [0.05, 0.1) is 31.6 Å². The summed E-state index contributed by atoms with van der Waals surface area (Å²) in [5.74, 6) is 1.12. The number of rotatable bonds is 7. The molecule has 1 saturated heterocycles. The van der Waals surface area contributed by atoms with Crippen molar-refractivity contribution < 1.29 is 31.4 Å². The molecule has 8 heteroatoms. The molecule has 1 aliphatic rings. The van der Waals surface area contributed by atoms with Crippen molar-refractivity contribution >= 4 is 11.4 Å². The summed E-state index contributed by atoms with van der Waals surface area (Å²) in [5, 5.41) is 9.23.